The van der Waals surface area contributed by atoms with Crippen LogP contribution in [0, 0.1) is 0 Å². The van der Waals surface area contributed by atoms with Crippen LogP contribution in [0.1, 0.15) is 10.4 Å². The number of hydrogen-bond acceptors (Lipinski definition) is 4. The second kappa shape index (κ2) is 6.66. The molecule has 9 heteroatoms. The first-order chi connectivity index (χ1) is 8.70. The molecule has 0 aromatic heterocycles. The van der Waals surface area contributed by atoms with Gasteiger partial charge in [-0.15, -0.1) is 0 Å². The summed E-state index contributed by atoms with van der Waals surface area (Å²) in [5.41, 5.74) is 0.231. The summed E-state index contributed by atoms with van der Waals surface area (Å²) in [6.07, 6.45) is 0. The number of carbonyl (C=O) groups excluding carboxylic acids is 1. The van der Waals surface area contributed by atoms with Gasteiger partial charge in [-0.1, -0.05) is 6.07 Å². The molecule has 5 nitrogen and oxygen atoms in total. The fourth-order valence-electron chi connectivity index (χ4n) is 1.18. The lowest BCUT2D eigenvalue weighted by Crippen LogP contribution is -2.26. The van der Waals surface area contributed by atoms with Crippen molar-refractivity contribution in [2.75, 3.05) is 13.8 Å². The molecule has 0 aliphatic carbocycles. The Bertz CT molecular complexity index is 568. The van der Waals surface area contributed by atoms with Crippen molar-refractivity contribution in [1.29, 1.82) is 0 Å². The van der Waals surface area contributed by atoms with Gasteiger partial charge in [0.05, 0.1) is 4.90 Å². The van der Waals surface area contributed by atoms with Crippen molar-refractivity contribution in [1.82, 2.24) is 5.32 Å². The van der Waals surface area contributed by atoms with Crippen LogP contribution in [0.25, 0.3) is 0 Å². The van der Waals surface area contributed by atoms with Gasteiger partial charge in [-0.05, 0) is 66.0 Å². The Morgan fingerprint density at radius 3 is 2.53 bits per heavy atom. The third kappa shape index (κ3) is 4.25. The fraction of sp³-hybridized carbons (Fsp3) is 0.300. The van der Waals surface area contributed by atoms with Crippen molar-refractivity contribution in [2.24, 2.45) is 0 Å². The molecule has 1 N–H and O–H groups in total. The minimum atomic E-state index is -3.71. The Hall–Kier alpha value is 0.0400. The van der Waals surface area contributed by atoms with Gasteiger partial charge in [-0.2, -0.15) is 0 Å². The zero-order valence-electron chi connectivity index (χ0n) is 9.69. The lowest BCUT2D eigenvalue weighted by molar-refractivity contribution is 0.0872. The summed E-state index contributed by atoms with van der Waals surface area (Å²) >= 11 is 8.90. The second-order valence-corrected chi connectivity index (χ2v) is 13.8. The van der Waals surface area contributed by atoms with E-state index in [2.05, 4.69) is 53.1 Å². The van der Waals surface area contributed by atoms with Crippen molar-refractivity contribution >= 4 is 63.5 Å². The van der Waals surface area contributed by atoms with E-state index in [-0.39, 0.29) is 17.2 Å². The van der Waals surface area contributed by atoms with Gasteiger partial charge < -0.3 is 10.1 Å². The van der Waals surface area contributed by atoms with Crippen LogP contribution in [0.15, 0.2) is 29.2 Å². The van der Waals surface area contributed by atoms with E-state index in [0.717, 1.165) is 0 Å². The highest BCUT2D eigenvalue weighted by atomic mass is 80.0. The molecule has 19 heavy (non-hydrogen) atoms. The molecule has 1 aromatic rings. The van der Waals surface area contributed by atoms with E-state index < -0.39 is 17.2 Å². The summed E-state index contributed by atoms with van der Waals surface area (Å²) in [6, 6.07) is 5.70. The summed E-state index contributed by atoms with van der Waals surface area (Å²) in [7, 11) is -2.27. The number of hydrogen-bond donors (Lipinski definition) is 1. The summed E-state index contributed by atoms with van der Waals surface area (Å²) in [6.45, 7) is 0.0507. The molecule has 1 amide bonds. The molecule has 106 valence electrons. The lowest BCUT2D eigenvalue weighted by Gasteiger charge is -2.14. The zero-order valence-corrected chi connectivity index (χ0v) is 15.3. The molecule has 1 aromatic carbocycles. The average molecular weight is 480 g/mol. The molecule has 0 heterocycles. The van der Waals surface area contributed by atoms with Crippen molar-refractivity contribution in [3.8, 4) is 0 Å². The minimum absolute atomic E-state index is 0.00296. The molecule has 0 bridgehead atoms. The topological polar surface area (TPSA) is 72.5 Å². The highest BCUT2D eigenvalue weighted by molar-refractivity contribution is 9.42. The Labute approximate surface area is 136 Å². The van der Waals surface area contributed by atoms with E-state index in [1.54, 1.807) is 0 Å². The number of ether oxygens (including phenoxy) is 1. The smallest absolute Gasteiger partial charge is 0.253 e. The van der Waals surface area contributed by atoms with E-state index in [4.69, 9.17) is 4.74 Å². The molecular formula is C10H10Br3NO4S. The standard InChI is InChI=1S/C10H10Br3NO4S/c1-18-6-14-9(15)7-3-2-4-8(5-7)19(16,17)10(11,12)13/h2-5H,6H2,1H3,(H,14,15). The largest absolute Gasteiger partial charge is 0.364 e. The van der Waals surface area contributed by atoms with Crippen molar-refractivity contribution < 1.29 is 17.9 Å². The number of nitrogens with one attached hydrogen (secondary N) is 1. The van der Waals surface area contributed by atoms with E-state index in [9.17, 15) is 13.2 Å². The van der Waals surface area contributed by atoms with Crippen LogP contribution in [0.2, 0.25) is 0 Å². The van der Waals surface area contributed by atoms with Gasteiger partial charge in [0.1, 0.15) is 6.73 Å². The Balaban J connectivity index is 3.12. The Morgan fingerprint density at radius 1 is 1.37 bits per heavy atom. The first-order valence-electron chi connectivity index (χ1n) is 4.88. The van der Waals surface area contributed by atoms with E-state index >= 15 is 0 Å². The van der Waals surface area contributed by atoms with Crippen LogP contribution in [-0.4, -0.2) is 29.6 Å². The summed E-state index contributed by atoms with van der Waals surface area (Å²) in [5.74, 6) is -0.414. The highest BCUT2D eigenvalue weighted by Gasteiger charge is 2.37. The Morgan fingerprint density at radius 2 is 2.00 bits per heavy atom. The number of alkyl halides is 3. The van der Waals surface area contributed by atoms with Crippen LogP contribution < -0.4 is 5.32 Å². The summed E-state index contributed by atoms with van der Waals surface area (Å²) < 4.78 is 27.5. The molecule has 0 spiro atoms. The number of sulfone groups is 1. The molecule has 0 unspecified atom stereocenters. The van der Waals surface area contributed by atoms with Crippen molar-refractivity contribution in [2.45, 2.75) is 6.37 Å². The molecule has 0 saturated carbocycles. The predicted molar refractivity (Wildman–Crippen MR) is 82.5 cm³/mol. The Kier molecular flexibility index (Phi) is 5.99. The van der Waals surface area contributed by atoms with Gasteiger partial charge in [-0.3, -0.25) is 4.79 Å². The maximum absolute atomic E-state index is 12.1. The molecule has 0 saturated heterocycles. The minimum Gasteiger partial charge on any atom is -0.364 e. The van der Waals surface area contributed by atoms with Crippen molar-refractivity contribution in [3.63, 3.8) is 0 Å². The monoisotopic (exact) mass is 477 g/mol. The van der Waals surface area contributed by atoms with Crippen molar-refractivity contribution in [3.05, 3.63) is 29.8 Å². The fourth-order valence-corrected chi connectivity index (χ4v) is 3.67. The third-order valence-corrected chi connectivity index (χ3v) is 7.41. The van der Waals surface area contributed by atoms with Gasteiger partial charge in [0, 0.05) is 12.7 Å². The number of amides is 1. The van der Waals surface area contributed by atoms with Crippen LogP contribution in [-0.2, 0) is 14.6 Å². The first kappa shape index (κ1) is 17.1. The van der Waals surface area contributed by atoms with Gasteiger partial charge >= 0.3 is 0 Å². The van der Waals surface area contributed by atoms with Crippen LogP contribution in [0.4, 0.5) is 0 Å². The molecule has 1 rings (SSSR count). The average Bonchev–Trinajstić information content (AvgIpc) is 2.34. The molecule has 0 fully saturated rings. The van der Waals surface area contributed by atoms with Gasteiger partial charge in [0.15, 0.2) is 0 Å². The molecule has 0 radical (unpaired) electrons. The zero-order chi connectivity index (χ0) is 14.7. The van der Waals surface area contributed by atoms with Gasteiger partial charge in [-0.25, -0.2) is 8.42 Å². The number of benzene rings is 1. The highest BCUT2D eigenvalue weighted by Crippen LogP contribution is 2.43. The second-order valence-electron chi connectivity index (χ2n) is 3.42. The molecular weight excluding hydrogens is 470 g/mol. The molecule has 0 aliphatic heterocycles. The van der Waals surface area contributed by atoms with E-state index in [1.165, 1.54) is 31.4 Å². The van der Waals surface area contributed by atoms with Crippen LogP contribution in [0.3, 0.4) is 0 Å². The normalized spacial score (nSPS) is 12.2. The number of halogens is 3. The number of methoxy groups -OCH3 is 1. The number of carbonyl (C=O) groups is 1. The van der Waals surface area contributed by atoms with Crippen LogP contribution in [0.5, 0.6) is 0 Å². The summed E-state index contributed by atoms with van der Waals surface area (Å²) in [4.78, 5) is 11.7. The third-order valence-electron chi connectivity index (χ3n) is 2.09. The lowest BCUT2D eigenvalue weighted by atomic mass is 10.2. The molecule has 0 atom stereocenters. The maximum atomic E-state index is 12.1. The van der Waals surface area contributed by atoms with Gasteiger partial charge in [0.25, 0.3) is 5.91 Å². The quantitative estimate of drug-likeness (QED) is 0.532. The summed E-state index contributed by atoms with van der Waals surface area (Å²) in [5, 5.41) is 2.47. The maximum Gasteiger partial charge on any atom is 0.253 e. The van der Waals surface area contributed by atoms with E-state index in [1.807, 2.05) is 0 Å². The number of rotatable bonds is 4. The first-order valence-corrected chi connectivity index (χ1v) is 8.75. The molecule has 0 aliphatic rings. The predicted octanol–water partition coefficient (Wildman–Crippen LogP) is 2.59. The van der Waals surface area contributed by atoms with Gasteiger partial charge in [0.2, 0.25) is 11.3 Å². The van der Waals surface area contributed by atoms with E-state index in [0.29, 0.717) is 0 Å². The SMILES string of the molecule is COCNC(=O)c1cccc(S(=O)(=O)C(Br)(Br)Br)c1. The van der Waals surface area contributed by atoms with Crippen LogP contribution >= 0.6 is 47.8 Å².